The van der Waals surface area contributed by atoms with Gasteiger partial charge in [-0.3, -0.25) is 4.79 Å². The number of carbonyl (C=O) groups is 1. The van der Waals surface area contributed by atoms with Crippen molar-refractivity contribution in [1.29, 1.82) is 0 Å². The average Bonchev–Trinajstić information content (AvgIpc) is 2.89. The lowest BCUT2D eigenvalue weighted by Crippen LogP contribution is -2.44. The summed E-state index contributed by atoms with van der Waals surface area (Å²) >= 11 is 0. The summed E-state index contributed by atoms with van der Waals surface area (Å²) in [6, 6.07) is 7.23. The minimum Gasteiger partial charge on any atom is -0.366 e. The first-order valence-electron chi connectivity index (χ1n) is 5.53. The number of fused-ring (bicyclic) bond motifs is 1. The Morgan fingerprint density at radius 3 is 2.94 bits per heavy atom. The van der Waals surface area contributed by atoms with Crippen LogP contribution in [-0.4, -0.2) is 11.0 Å². The van der Waals surface area contributed by atoms with Gasteiger partial charge >= 0.3 is 0 Å². The molecular weight excluding hydrogens is 202 g/mol. The predicted octanol–water partition coefficient (Wildman–Crippen LogP) is 1.54. The maximum atomic E-state index is 11.7. The molecule has 1 aliphatic carbocycles. The number of benzene rings is 1. The van der Waals surface area contributed by atoms with Crippen LogP contribution in [0.1, 0.15) is 28.8 Å². The highest BCUT2D eigenvalue weighted by Crippen LogP contribution is 2.39. The Bertz CT molecular complexity index is 481. The molecule has 0 radical (unpaired) electrons. The minimum absolute atomic E-state index is 0.0138. The number of aliphatic hydroxyl groups is 1. The van der Waals surface area contributed by atoms with Gasteiger partial charge in [0.15, 0.2) is 5.72 Å². The maximum absolute atomic E-state index is 11.7. The lowest BCUT2D eigenvalue weighted by Gasteiger charge is -2.29. The fraction of sp³-hybridized carbons (Fsp3) is 0.308. The van der Waals surface area contributed by atoms with E-state index in [0.29, 0.717) is 11.1 Å². The van der Waals surface area contributed by atoms with Crippen molar-refractivity contribution in [3.63, 3.8) is 0 Å². The van der Waals surface area contributed by atoms with E-state index in [9.17, 15) is 9.90 Å². The second-order valence-corrected chi connectivity index (χ2v) is 4.38. The molecule has 3 rings (SSSR count). The number of hydrogen-bond donors (Lipinski definition) is 2. The molecule has 2 atom stereocenters. The summed E-state index contributed by atoms with van der Waals surface area (Å²) in [7, 11) is 0. The molecule has 3 heteroatoms. The largest absolute Gasteiger partial charge is 0.366 e. The highest BCUT2D eigenvalue weighted by molar-refractivity contribution is 5.99. The lowest BCUT2D eigenvalue weighted by atomic mass is 9.89. The van der Waals surface area contributed by atoms with Gasteiger partial charge in [-0.05, 0) is 18.9 Å². The normalized spacial score (nSPS) is 31.6. The van der Waals surface area contributed by atoms with Crippen LogP contribution in [0, 0.1) is 5.92 Å². The number of carbonyl (C=O) groups excluding carboxylic acids is 1. The zero-order valence-corrected chi connectivity index (χ0v) is 8.81. The summed E-state index contributed by atoms with van der Waals surface area (Å²) in [5.41, 5.74) is 0.0857. The van der Waals surface area contributed by atoms with Crippen molar-refractivity contribution in [2.24, 2.45) is 5.92 Å². The van der Waals surface area contributed by atoms with Gasteiger partial charge in [0.05, 0.1) is 0 Å². The van der Waals surface area contributed by atoms with Gasteiger partial charge in [0.25, 0.3) is 5.91 Å². The van der Waals surface area contributed by atoms with Crippen LogP contribution in [0.5, 0.6) is 0 Å². The van der Waals surface area contributed by atoms with Gasteiger partial charge in [0.2, 0.25) is 0 Å². The third-order valence-corrected chi connectivity index (χ3v) is 3.44. The highest BCUT2D eigenvalue weighted by Gasteiger charge is 2.46. The lowest BCUT2D eigenvalue weighted by molar-refractivity contribution is -0.0241. The van der Waals surface area contributed by atoms with Gasteiger partial charge in [0, 0.05) is 17.0 Å². The Morgan fingerprint density at radius 1 is 1.38 bits per heavy atom. The highest BCUT2D eigenvalue weighted by atomic mass is 16.3. The zero-order chi connectivity index (χ0) is 11.2. The molecule has 0 unspecified atom stereocenters. The third kappa shape index (κ3) is 1.15. The monoisotopic (exact) mass is 215 g/mol. The zero-order valence-electron chi connectivity index (χ0n) is 8.81. The van der Waals surface area contributed by atoms with Gasteiger partial charge in [-0.15, -0.1) is 0 Å². The quantitative estimate of drug-likeness (QED) is 0.698. The van der Waals surface area contributed by atoms with E-state index in [1.807, 2.05) is 24.3 Å². The number of rotatable bonds is 1. The van der Waals surface area contributed by atoms with Crippen molar-refractivity contribution in [1.82, 2.24) is 5.32 Å². The van der Waals surface area contributed by atoms with Crippen molar-refractivity contribution in [2.75, 3.05) is 0 Å². The Balaban J connectivity index is 2.11. The van der Waals surface area contributed by atoms with Crippen molar-refractivity contribution in [3.05, 3.63) is 47.5 Å². The van der Waals surface area contributed by atoms with Crippen LogP contribution in [0.3, 0.4) is 0 Å². The maximum Gasteiger partial charge on any atom is 0.254 e. The number of hydrogen-bond acceptors (Lipinski definition) is 2. The van der Waals surface area contributed by atoms with Gasteiger partial charge in [0.1, 0.15) is 0 Å². The van der Waals surface area contributed by atoms with E-state index >= 15 is 0 Å². The summed E-state index contributed by atoms with van der Waals surface area (Å²) in [5.74, 6) is -0.196. The number of amides is 1. The van der Waals surface area contributed by atoms with E-state index in [2.05, 4.69) is 11.4 Å². The van der Waals surface area contributed by atoms with E-state index < -0.39 is 5.72 Å². The van der Waals surface area contributed by atoms with E-state index in [-0.39, 0.29) is 11.8 Å². The first-order valence-corrected chi connectivity index (χ1v) is 5.53. The van der Waals surface area contributed by atoms with Crippen molar-refractivity contribution in [2.45, 2.75) is 18.6 Å². The molecule has 1 aliphatic heterocycles. The molecule has 0 aromatic heterocycles. The van der Waals surface area contributed by atoms with Gasteiger partial charge in [-0.1, -0.05) is 30.4 Å². The summed E-state index contributed by atoms with van der Waals surface area (Å²) in [4.78, 5) is 11.7. The minimum atomic E-state index is -1.21. The SMILES string of the molecule is O=C1N[C@](O)([C@H]2C=CCC2)c2ccccc21. The molecule has 16 heavy (non-hydrogen) atoms. The first kappa shape index (κ1) is 9.60. The van der Waals surface area contributed by atoms with Gasteiger partial charge in [-0.2, -0.15) is 0 Å². The van der Waals surface area contributed by atoms with Crippen LogP contribution in [-0.2, 0) is 5.72 Å². The van der Waals surface area contributed by atoms with E-state index in [1.54, 1.807) is 6.07 Å². The Kier molecular flexibility index (Phi) is 1.91. The van der Waals surface area contributed by atoms with Crippen molar-refractivity contribution >= 4 is 5.91 Å². The van der Waals surface area contributed by atoms with E-state index in [0.717, 1.165) is 12.8 Å². The fourth-order valence-electron chi connectivity index (χ4n) is 2.59. The topological polar surface area (TPSA) is 49.3 Å². The first-order chi connectivity index (χ1) is 7.72. The van der Waals surface area contributed by atoms with Crippen molar-refractivity contribution < 1.29 is 9.90 Å². The smallest absolute Gasteiger partial charge is 0.254 e. The standard InChI is InChI=1S/C13H13NO2/c15-12-10-7-3-4-8-11(10)13(16,14-12)9-5-1-2-6-9/h1,3-5,7-9,16H,2,6H2,(H,14,15)/t9-,13-/m0/s1. The molecule has 0 bridgehead atoms. The molecule has 82 valence electrons. The summed E-state index contributed by atoms with van der Waals surface area (Å²) < 4.78 is 0. The molecular formula is C13H13NO2. The fourth-order valence-corrected chi connectivity index (χ4v) is 2.59. The van der Waals surface area contributed by atoms with E-state index in [1.165, 1.54) is 0 Å². The predicted molar refractivity (Wildman–Crippen MR) is 59.7 cm³/mol. The molecule has 0 spiro atoms. The van der Waals surface area contributed by atoms with Crippen LogP contribution in [0.2, 0.25) is 0 Å². The molecule has 0 fully saturated rings. The molecule has 0 saturated carbocycles. The van der Waals surface area contributed by atoms with Crippen LogP contribution in [0.4, 0.5) is 0 Å². The molecule has 1 heterocycles. The van der Waals surface area contributed by atoms with Crippen LogP contribution < -0.4 is 5.32 Å². The molecule has 0 saturated heterocycles. The molecule has 2 N–H and O–H groups in total. The number of nitrogens with one attached hydrogen (secondary N) is 1. The van der Waals surface area contributed by atoms with Crippen molar-refractivity contribution in [3.8, 4) is 0 Å². The average molecular weight is 215 g/mol. The third-order valence-electron chi connectivity index (χ3n) is 3.44. The molecule has 3 nitrogen and oxygen atoms in total. The van der Waals surface area contributed by atoms with Gasteiger partial charge < -0.3 is 10.4 Å². The van der Waals surface area contributed by atoms with Crippen LogP contribution >= 0.6 is 0 Å². The molecule has 1 aromatic carbocycles. The Labute approximate surface area is 93.8 Å². The van der Waals surface area contributed by atoms with Crippen LogP contribution in [0.25, 0.3) is 0 Å². The summed E-state index contributed by atoms with van der Waals surface area (Å²) in [5, 5.41) is 13.3. The second kappa shape index (κ2) is 3.19. The molecule has 2 aliphatic rings. The van der Waals surface area contributed by atoms with E-state index in [4.69, 9.17) is 0 Å². The second-order valence-electron chi connectivity index (χ2n) is 4.38. The summed E-state index contributed by atoms with van der Waals surface area (Å²) in [6.45, 7) is 0. The van der Waals surface area contributed by atoms with Gasteiger partial charge in [-0.25, -0.2) is 0 Å². The summed E-state index contributed by atoms with van der Waals surface area (Å²) in [6.07, 6.45) is 5.88. The molecule has 1 amide bonds. The Morgan fingerprint density at radius 2 is 2.19 bits per heavy atom. The number of allylic oxidation sites excluding steroid dienone is 1. The molecule has 1 aromatic rings. The van der Waals surface area contributed by atoms with Crippen LogP contribution in [0.15, 0.2) is 36.4 Å². The Hall–Kier alpha value is -1.61.